The minimum absolute atomic E-state index is 0.0759. The number of anilines is 2. The van der Waals surface area contributed by atoms with Gasteiger partial charge in [-0.3, -0.25) is 19.7 Å². The van der Waals surface area contributed by atoms with Crippen molar-refractivity contribution in [2.24, 2.45) is 0 Å². The van der Waals surface area contributed by atoms with E-state index >= 15 is 0 Å². The molecule has 3 aromatic carbocycles. The number of thioether (sulfide) groups is 1. The molecule has 32 heavy (non-hydrogen) atoms. The molecule has 0 fully saturated rings. The first kappa shape index (κ1) is 23.0. The summed E-state index contributed by atoms with van der Waals surface area (Å²) in [6.45, 7) is 5.79. The monoisotopic (exact) mass is 449 g/mol. The number of non-ortho nitro benzene ring substituents is 1. The molecule has 2 N–H and O–H groups in total. The third-order valence-electron chi connectivity index (χ3n) is 4.75. The maximum absolute atomic E-state index is 12.6. The van der Waals surface area contributed by atoms with Gasteiger partial charge in [-0.1, -0.05) is 23.8 Å². The van der Waals surface area contributed by atoms with Gasteiger partial charge in [0.2, 0.25) is 5.91 Å². The highest BCUT2D eigenvalue weighted by atomic mass is 32.2. The Morgan fingerprint density at radius 1 is 0.969 bits per heavy atom. The Labute approximate surface area is 190 Å². The lowest BCUT2D eigenvalue weighted by Crippen LogP contribution is -2.22. The average molecular weight is 450 g/mol. The second-order valence-electron chi connectivity index (χ2n) is 7.35. The summed E-state index contributed by atoms with van der Waals surface area (Å²) >= 11 is 1.38. The predicted molar refractivity (Wildman–Crippen MR) is 127 cm³/mol. The van der Waals surface area contributed by atoms with Gasteiger partial charge in [-0.25, -0.2) is 0 Å². The molecule has 0 spiro atoms. The normalized spacial score (nSPS) is 11.5. The Kier molecular flexibility index (Phi) is 7.27. The standard InChI is InChI=1S/C24H23N3O4S/c1-15-7-12-22(16(2)13-15)26-23(28)17(3)32-21-6-4-5-19(14-21)25-24(29)18-8-10-20(11-9-18)27(30)31/h4-14,17H,1-3H3,(H,25,29)(H,26,28). The van der Waals surface area contributed by atoms with Crippen molar-refractivity contribution in [2.45, 2.75) is 30.9 Å². The molecule has 3 aromatic rings. The van der Waals surface area contributed by atoms with Gasteiger partial charge in [-0.2, -0.15) is 0 Å². The van der Waals surface area contributed by atoms with Crippen LogP contribution in [0.15, 0.2) is 71.6 Å². The van der Waals surface area contributed by atoms with Crippen LogP contribution in [0.4, 0.5) is 17.1 Å². The molecule has 0 aliphatic rings. The minimum Gasteiger partial charge on any atom is -0.325 e. The summed E-state index contributed by atoms with van der Waals surface area (Å²) in [4.78, 5) is 36.1. The largest absolute Gasteiger partial charge is 0.325 e. The average Bonchev–Trinajstić information content (AvgIpc) is 2.76. The summed E-state index contributed by atoms with van der Waals surface area (Å²) in [6.07, 6.45) is 0. The fraction of sp³-hybridized carbons (Fsp3) is 0.167. The van der Waals surface area contributed by atoms with Crippen molar-refractivity contribution in [3.8, 4) is 0 Å². The summed E-state index contributed by atoms with van der Waals surface area (Å²) in [5.74, 6) is -0.482. The predicted octanol–water partition coefficient (Wildman–Crippen LogP) is 5.58. The van der Waals surface area contributed by atoms with Crippen LogP contribution in [0, 0.1) is 24.0 Å². The van der Waals surface area contributed by atoms with Gasteiger partial charge in [-0.05, 0) is 62.7 Å². The van der Waals surface area contributed by atoms with Crippen LogP contribution in [0.25, 0.3) is 0 Å². The van der Waals surface area contributed by atoms with E-state index in [0.717, 1.165) is 21.7 Å². The molecule has 3 rings (SSSR count). The van der Waals surface area contributed by atoms with Crippen molar-refractivity contribution in [1.29, 1.82) is 0 Å². The lowest BCUT2D eigenvalue weighted by Gasteiger charge is -2.14. The molecule has 0 saturated carbocycles. The van der Waals surface area contributed by atoms with Crippen molar-refractivity contribution in [3.63, 3.8) is 0 Å². The Balaban J connectivity index is 1.63. The van der Waals surface area contributed by atoms with E-state index in [1.807, 2.05) is 45.0 Å². The number of benzene rings is 3. The maximum atomic E-state index is 12.6. The molecular formula is C24H23N3O4S. The topological polar surface area (TPSA) is 101 Å². The van der Waals surface area contributed by atoms with Crippen LogP contribution >= 0.6 is 11.8 Å². The first-order valence-electron chi connectivity index (χ1n) is 9.93. The second-order valence-corrected chi connectivity index (χ2v) is 8.77. The van der Waals surface area contributed by atoms with Crippen molar-refractivity contribution >= 4 is 40.6 Å². The Morgan fingerprint density at radius 2 is 1.69 bits per heavy atom. The number of carbonyl (C=O) groups is 2. The number of rotatable bonds is 7. The van der Waals surface area contributed by atoms with Crippen LogP contribution in [-0.4, -0.2) is 22.0 Å². The zero-order valence-corrected chi connectivity index (χ0v) is 18.7. The minimum atomic E-state index is -0.514. The van der Waals surface area contributed by atoms with Gasteiger partial charge in [0.1, 0.15) is 0 Å². The third kappa shape index (κ3) is 5.95. The molecule has 0 saturated heterocycles. The molecule has 164 valence electrons. The fourth-order valence-corrected chi connectivity index (χ4v) is 3.96. The van der Waals surface area contributed by atoms with Crippen LogP contribution in [0.2, 0.25) is 0 Å². The first-order valence-corrected chi connectivity index (χ1v) is 10.8. The molecule has 0 heterocycles. The molecule has 1 unspecified atom stereocenters. The highest BCUT2D eigenvalue weighted by Crippen LogP contribution is 2.27. The number of carbonyl (C=O) groups excluding carboxylic acids is 2. The van der Waals surface area contributed by atoms with Crippen LogP contribution in [-0.2, 0) is 4.79 Å². The number of nitro groups is 1. The van der Waals surface area contributed by atoms with Gasteiger partial charge in [0.25, 0.3) is 11.6 Å². The zero-order chi connectivity index (χ0) is 23.3. The molecule has 0 bridgehead atoms. The highest BCUT2D eigenvalue weighted by molar-refractivity contribution is 8.00. The molecule has 1 atom stereocenters. The molecule has 7 nitrogen and oxygen atoms in total. The fourth-order valence-electron chi connectivity index (χ4n) is 3.03. The molecule has 2 amide bonds. The zero-order valence-electron chi connectivity index (χ0n) is 17.9. The van der Waals surface area contributed by atoms with E-state index in [-0.39, 0.29) is 22.8 Å². The SMILES string of the molecule is Cc1ccc(NC(=O)C(C)Sc2cccc(NC(=O)c3ccc([N+](=O)[O-])cc3)c2)c(C)c1. The van der Waals surface area contributed by atoms with Crippen LogP contribution in [0.5, 0.6) is 0 Å². The highest BCUT2D eigenvalue weighted by Gasteiger charge is 2.16. The number of nitrogens with one attached hydrogen (secondary N) is 2. The number of nitro benzene ring substituents is 1. The Hall–Kier alpha value is -3.65. The summed E-state index contributed by atoms with van der Waals surface area (Å²) in [5.41, 5.74) is 3.74. The molecule has 0 aliphatic carbocycles. The van der Waals surface area contributed by atoms with E-state index in [2.05, 4.69) is 10.6 Å². The van der Waals surface area contributed by atoms with E-state index in [0.29, 0.717) is 11.3 Å². The van der Waals surface area contributed by atoms with Crippen LogP contribution in [0.1, 0.15) is 28.4 Å². The molecular weight excluding hydrogens is 426 g/mol. The summed E-state index contributed by atoms with van der Waals surface area (Å²) < 4.78 is 0. The van der Waals surface area contributed by atoms with Gasteiger partial charge in [-0.15, -0.1) is 11.8 Å². The smallest absolute Gasteiger partial charge is 0.269 e. The van der Waals surface area contributed by atoms with E-state index in [4.69, 9.17) is 0 Å². The lowest BCUT2D eigenvalue weighted by atomic mass is 10.1. The Bertz CT molecular complexity index is 1160. The molecule has 0 aliphatic heterocycles. The van der Waals surface area contributed by atoms with Crippen molar-refractivity contribution in [2.75, 3.05) is 10.6 Å². The van der Waals surface area contributed by atoms with Gasteiger partial charge in [0, 0.05) is 34.0 Å². The third-order valence-corrected chi connectivity index (χ3v) is 5.85. The van der Waals surface area contributed by atoms with Gasteiger partial charge in [0.05, 0.1) is 10.2 Å². The van der Waals surface area contributed by atoms with E-state index in [1.54, 1.807) is 18.2 Å². The Morgan fingerprint density at radius 3 is 2.34 bits per heavy atom. The summed E-state index contributed by atoms with van der Waals surface area (Å²) in [5, 5.41) is 16.1. The van der Waals surface area contributed by atoms with Crippen LogP contribution < -0.4 is 10.6 Å². The van der Waals surface area contributed by atoms with Crippen molar-refractivity contribution < 1.29 is 14.5 Å². The summed E-state index contributed by atoms with van der Waals surface area (Å²) in [6, 6.07) is 18.5. The molecule has 8 heteroatoms. The number of amides is 2. The van der Waals surface area contributed by atoms with Gasteiger partial charge >= 0.3 is 0 Å². The summed E-state index contributed by atoms with van der Waals surface area (Å²) in [7, 11) is 0. The lowest BCUT2D eigenvalue weighted by molar-refractivity contribution is -0.384. The van der Waals surface area contributed by atoms with Crippen molar-refractivity contribution in [3.05, 3.63) is 93.5 Å². The van der Waals surface area contributed by atoms with E-state index < -0.39 is 4.92 Å². The van der Waals surface area contributed by atoms with Gasteiger partial charge < -0.3 is 10.6 Å². The van der Waals surface area contributed by atoms with E-state index in [9.17, 15) is 19.7 Å². The van der Waals surface area contributed by atoms with Gasteiger partial charge in [0.15, 0.2) is 0 Å². The van der Waals surface area contributed by atoms with E-state index in [1.165, 1.54) is 36.0 Å². The number of nitrogens with zero attached hydrogens (tertiary/aromatic N) is 1. The second kappa shape index (κ2) is 10.1. The quantitative estimate of drug-likeness (QED) is 0.278. The van der Waals surface area contributed by atoms with Crippen LogP contribution in [0.3, 0.4) is 0 Å². The first-order chi connectivity index (χ1) is 15.2. The molecule has 0 radical (unpaired) electrons. The number of hydrogen-bond donors (Lipinski definition) is 2. The van der Waals surface area contributed by atoms with Crippen molar-refractivity contribution in [1.82, 2.24) is 0 Å². The number of aryl methyl sites for hydroxylation is 2. The number of hydrogen-bond acceptors (Lipinski definition) is 5. The molecule has 0 aromatic heterocycles. The maximum Gasteiger partial charge on any atom is 0.269 e.